The molecule has 0 aromatic heterocycles. The van der Waals surface area contributed by atoms with Crippen molar-refractivity contribution in [1.82, 2.24) is 0 Å². The zero-order chi connectivity index (χ0) is 12.7. The van der Waals surface area contributed by atoms with Crippen LogP contribution in [-0.4, -0.2) is 13.1 Å². The van der Waals surface area contributed by atoms with Gasteiger partial charge >= 0.3 is 5.97 Å². The van der Waals surface area contributed by atoms with Gasteiger partial charge in [-0.1, -0.05) is 61.7 Å². The Morgan fingerprint density at radius 2 is 1.94 bits per heavy atom. The zero-order valence-electron chi connectivity index (χ0n) is 9.93. The third kappa shape index (κ3) is 3.18. The predicted octanol–water partition coefficient (Wildman–Crippen LogP) is 3.24. The normalized spacial score (nSPS) is 12.6. The van der Waals surface area contributed by atoms with Crippen molar-refractivity contribution in [2.24, 2.45) is 0 Å². The van der Waals surface area contributed by atoms with Crippen LogP contribution in [-0.2, 0) is 9.53 Å². The molecule has 0 fully saturated rings. The van der Waals surface area contributed by atoms with E-state index in [1.54, 1.807) is 18.2 Å². The highest BCUT2D eigenvalue weighted by molar-refractivity contribution is 5.82. The van der Waals surface area contributed by atoms with Gasteiger partial charge < -0.3 is 4.74 Å². The molecule has 88 valence electrons. The van der Waals surface area contributed by atoms with Gasteiger partial charge in [0, 0.05) is 0 Å². The van der Waals surface area contributed by atoms with Crippen LogP contribution in [0.25, 0.3) is 0 Å². The van der Waals surface area contributed by atoms with Gasteiger partial charge in [-0.3, -0.25) is 4.79 Å². The molecule has 0 N–H and O–H groups in total. The van der Waals surface area contributed by atoms with Gasteiger partial charge in [0.2, 0.25) is 0 Å². The molecule has 0 radical (unpaired) electrons. The standard InChI is InChI=1S/C15H16O2/c1-4-9-12(5-2)14(15(16)17-3)13-10-7-6-8-11-13/h4-11,14H,1-2H2,3H3/b12-9+. The van der Waals surface area contributed by atoms with Gasteiger partial charge in [0.25, 0.3) is 0 Å². The first-order valence-electron chi connectivity index (χ1n) is 5.32. The number of ether oxygens (including phenoxy) is 1. The van der Waals surface area contributed by atoms with Crippen LogP contribution >= 0.6 is 0 Å². The zero-order valence-corrected chi connectivity index (χ0v) is 9.93. The maximum absolute atomic E-state index is 11.8. The summed E-state index contributed by atoms with van der Waals surface area (Å²) in [4.78, 5) is 11.8. The van der Waals surface area contributed by atoms with Crippen molar-refractivity contribution in [2.45, 2.75) is 5.92 Å². The maximum atomic E-state index is 11.8. The Balaban J connectivity index is 3.21. The molecule has 0 heterocycles. The fraction of sp³-hybridized carbons (Fsp3) is 0.133. The van der Waals surface area contributed by atoms with Crippen LogP contribution in [0.5, 0.6) is 0 Å². The fourth-order valence-corrected chi connectivity index (χ4v) is 1.65. The molecule has 17 heavy (non-hydrogen) atoms. The van der Waals surface area contributed by atoms with Crippen LogP contribution in [0, 0.1) is 0 Å². The molecule has 0 aliphatic heterocycles. The summed E-state index contributed by atoms with van der Waals surface area (Å²) in [5.74, 6) is -0.749. The summed E-state index contributed by atoms with van der Waals surface area (Å²) in [5.41, 5.74) is 1.66. The molecule has 0 saturated carbocycles. The summed E-state index contributed by atoms with van der Waals surface area (Å²) in [6.45, 7) is 7.35. The third-order valence-corrected chi connectivity index (χ3v) is 2.45. The van der Waals surface area contributed by atoms with E-state index in [0.29, 0.717) is 0 Å². The molecule has 0 saturated heterocycles. The average molecular weight is 228 g/mol. The molecule has 2 heteroatoms. The van der Waals surface area contributed by atoms with Gasteiger partial charge in [0.15, 0.2) is 0 Å². The average Bonchev–Trinajstić information content (AvgIpc) is 2.39. The second-order valence-electron chi connectivity index (χ2n) is 3.47. The fourth-order valence-electron chi connectivity index (χ4n) is 1.65. The van der Waals surface area contributed by atoms with Crippen molar-refractivity contribution in [1.29, 1.82) is 0 Å². The summed E-state index contributed by atoms with van der Waals surface area (Å²) >= 11 is 0. The maximum Gasteiger partial charge on any atom is 0.317 e. The molecule has 0 bridgehead atoms. The van der Waals surface area contributed by atoms with E-state index < -0.39 is 5.92 Å². The number of esters is 1. The molecule has 1 unspecified atom stereocenters. The number of carbonyl (C=O) groups excluding carboxylic acids is 1. The van der Waals surface area contributed by atoms with Crippen molar-refractivity contribution in [3.63, 3.8) is 0 Å². The molecule has 1 aromatic carbocycles. The minimum atomic E-state index is -0.448. The van der Waals surface area contributed by atoms with Crippen LogP contribution in [0.4, 0.5) is 0 Å². The lowest BCUT2D eigenvalue weighted by molar-refractivity contribution is -0.141. The smallest absolute Gasteiger partial charge is 0.317 e. The highest BCUT2D eigenvalue weighted by Gasteiger charge is 2.23. The van der Waals surface area contributed by atoms with E-state index in [2.05, 4.69) is 13.2 Å². The van der Waals surface area contributed by atoms with Gasteiger partial charge in [0.05, 0.1) is 7.11 Å². The van der Waals surface area contributed by atoms with Crippen molar-refractivity contribution in [3.05, 3.63) is 72.9 Å². The number of hydrogen-bond acceptors (Lipinski definition) is 2. The Morgan fingerprint density at radius 1 is 1.29 bits per heavy atom. The molecule has 0 aliphatic rings. The lowest BCUT2D eigenvalue weighted by Gasteiger charge is -2.16. The molecule has 1 aromatic rings. The van der Waals surface area contributed by atoms with Crippen molar-refractivity contribution < 1.29 is 9.53 Å². The van der Waals surface area contributed by atoms with E-state index in [4.69, 9.17) is 4.74 Å². The van der Waals surface area contributed by atoms with Gasteiger partial charge in [-0.05, 0) is 11.1 Å². The lowest BCUT2D eigenvalue weighted by Crippen LogP contribution is -2.15. The van der Waals surface area contributed by atoms with E-state index in [9.17, 15) is 4.79 Å². The number of allylic oxidation sites excluding steroid dienone is 3. The second kappa shape index (κ2) is 6.48. The summed E-state index contributed by atoms with van der Waals surface area (Å²) in [6.07, 6.45) is 5.05. The molecular formula is C15H16O2. The van der Waals surface area contributed by atoms with Crippen LogP contribution < -0.4 is 0 Å². The molecule has 0 spiro atoms. The van der Waals surface area contributed by atoms with E-state index >= 15 is 0 Å². The van der Waals surface area contributed by atoms with Crippen LogP contribution in [0.15, 0.2) is 67.3 Å². The Morgan fingerprint density at radius 3 is 2.41 bits per heavy atom. The molecule has 0 aliphatic carbocycles. The first-order valence-corrected chi connectivity index (χ1v) is 5.32. The van der Waals surface area contributed by atoms with Crippen molar-refractivity contribution in [2.75, 3.05) is 7.11 Å². The summed E-state index contributed by atoms with van der Waals surface area (Å²) in [6, 6.07) is 9.46. The number of rotatable bonds is 5. The number of methoxy groups -OCH3 is 1. The van der Waals surface area contributed by atoms with E-state index in [1.165, 1.54) is 7.11 Å². The van der Waals surface area contributed by atoms with Gasteiger partial charge in [-0.2, -0.15) is 0 Å². The summed E-state index contributed by atoms with van der Waals surface area (Å²) in [7, 11) is 1.38. The first-order chi connectivity index (χ1) is 8.24. The summed E-state index contributed by atoms with van der Waals surface area (Å²) in [5, 5.41) is 0. The van der Waals surface area contributed by atoms with Gasteiger partial charge in [0.1, 0.15) is 5.92 Å². The minimum Gasteiger partial charge on any atom is -0.468 e. The molecule has 0 amide bonds. The van der Waals surface area contributed by atoms with Crippen molar-refractivity contribution in [3.8, 4) is 0 Å². The number of hydrogen-bond donors (Lipinski definition) is 0. The Kier molecular flexibility index (Phi) is 4.95. The molecule has 1 atom stereocenters. The molecule has 2 nitrogen and oxygen atoms in total. The third-order valence-electron chi connectivity index (χ3n) is 2.45. The van der Waals surface area contributed by atoms with Crippen LogP contribution in [0.1, 0.15) is 11.5 Å². The van der Waals surface area contributed by atoms with Crippen molar-refractivity contribution >= 4 is 5.97 Å². The van der Waals surface area contributed by atoms with E-state index in [-0.39, 0.29) is 5.97 Å². The lowest BCUT2D eigenvalue weighted by atomic mass is 9.91. The van der Waals surface area contributed by atoms with Gasteiger partial charge in [-0.25, -0.2) is 0 Å². The van der Waals surface area contributed by atoms with E-state index in [1.807, 2.05) is 30.3 Å². The predicted molar refractivity (Wildman–Crippen MR) is 69.7 cm³/mol. The largest absolute Gasteiger partial charge is 0.468 e. The quantitative estimate of drug-likeness (QED) is 0.571. The molecule has 1 rings (SSSR count). The first kappa shape index (κ1) is 13.0. The van der Waals surface area contributed by atoms with Crippen LogP contribution in [0.3, 0.4) is 0 Å². The Bertz CT molecular complexity index is 429. The second-order valence-corrected chi connectivity index (χ2v) is 3.47. The SMILES string of the molecule is C=C/C=C(\C=C)C(C(=O)OC)c1ccccc1. The Labute approximate surface area is 102 Å². The van der Waals surface area contributed by atoms with Gasteiger partial charge in [-0.15, -0.1) is 0 Å². The number of carbonyl (C=O) groups is 1. The highest BCUT2D eigenvalue weighted by Crippen LogP contribution is 2.26. The summed E-state index contributed by atoms with van der Waals surface area (Å²) < 4.78 is 4.83. The minimum absolute atomic E-state index is 0.302. The molecular weight excluding hydrogens is 212 g/mol. The van der Waals surface area contributed by atoms with E-state index in [0.717, 1.165) is 11.1 Å². The highest BCUT2D eigenvalue weighted by atomic mass is 16.5. The van der Waals surface area contributed by atoms with Crippen LogP contribution in [0.2, 0.25) is 0 Å². The monoisotopic (exact) mass is 228 g/mol. The topological polar surface area (TPSA) is 26.3 Å². The Hall–Kier alpha value is -2.09. The number of benzene rings is 1.